The van der Waals surface area contributed by atoms with Crippen LogP contribution >= 0.6 is 23.1 Å². The van der Waals surface area contributed by atoms with Crippen molar-refractivity contribution in [2.45, 2.75) is 17.7 Å². The summed E-state index contributed by atoms with van der Waals surface area (Å²) in [5.74, 6) is 0.374. The first-order valence-electron chi connectivity index (χ1n) is 5.43. The van der Waals surface area contributed by atoms with Crippen LogP contribution in [0, 0.1) is 0 Å². The maximum atomic E-state index is 11.7. The van der Waals surface area contributed by atoms with E-state index in [1.165, 1.54) is 11.8 Å². The number of carbonyl (C=O) groups excluding carboxylic acids is 1. The number of esters is 1. The third-order valence-electron chi connectivity index (χ3n) is 2.11. The Bertz CT molecular complexity index is 515. The highest BCUT2D eigenvalue weighted by Gasteiger charge is 2.13. The Morgan fingerprint density at radius 1 is 1.50 bits per heavy atom. The van der Waals surface area contributed by atoms with Crippen molar-refractivity contribution < 1.29 is 9.53 Å². The molecule has 4 nitrogen and oxygen atoms in total. The zero-order valence-corrected chi connectivity index (χ0v) is 11.5. The van der Waals surface area contributed by atoms with E-state index in [1.54, 1.807) is 42.1 Å². The number of thiazole rings is 1. The van der Waals surface area contributed by atoms with Crippen LogP contribution in [0.2, 0.25) is 0 Å². The number of ether oxygens (including phenoxy) is 1. The monoisotopic (exact) mass is 280 g/mol. The Hall–Kier alpha value is -1.40. The standard InChI is InChI=1S/C12H12N2O2S2/c1-2-16-12(15)10-4-3-5-13-11(10)18-7-9-6-17-8-14-9/h3-6,8H,2,7H2,1H3. The van der Waals surface area contributed by atoms with Crippen molar-refractivity contribution in [3.8, 4) is 0 Å². The van der Waals surface area contributed by atoms with E-state index < -0.39 is 0 Å². The lowest BCUT2D eigenvalue weighted by atomic mass is 10.3. The SMILES string of the molecule is CCOC(=O)c1cccnc1SCc1cscn1. The van der Waals surface area contributed by atoms with Gasteiger partial charge < -0.3 is 4.74 Å². The number of nitrogens with zero attached hydrogens (tertiary/aromatic N) is 2. The zero-order chi connectivity index (χ0) is 12.8. The van der Waals surface area contributed by atoms with Gasteiger partial charge in [-0.05, 0) is 19.1 Å². The van der Waals surface area contributed by atoms with Gasteiger partial charge in [0.25, 0.3) is 0 Å². The fraction of sp³-hybridized carbons (Fsp3) is 0.250. The second-order valence-electron chi connectivity index (χ2n) is 3.35. The number of aromatic nitrogens is 2. The summed E-state index contributed by atoms with van der Waals surface area (Å²) in [7, 11) is 0. The molecule has 0 saturated carbocycles. The number of hydrogen-bond acceptors (Lipinski definition) is 6. The van der Waals surface area contributed by atoms with Crippen LogP contribution in [0.15, 0.2) is 34.2 Å². The topological polar surface area (TPSA) is 52.1 Å². The summed E-state index contributed by atoms with van der Waals surface area (Å²) in [6.07, 6.45) is 1.67. The van der Waals surface area contributed by atoms with Crippen molar-refractivity contribution in [3.63, 3.8) is 0 Å². The molecule has 0 aliphatic heterocycles. The third kappa shape index (κ3) is 3.30. The summed E-state index contributed by atoms with van der Waals surface area (Å²) >= 11 is 3.05. The average Bonchev–Trinajstić information content (AvgIpc) is 2.90. The molecule has 0 atom stereocenters. The molecular formula is C12H12N2O2S2. The van der Waals surface area contributed by atoms with Gasteiger partial charge in [-0.3, -0.25) is 0 Å². The molecule has 2 aromatic heterocycles. The molecule has 0 saturated heterocycles. The van der Waals surface area contributed by atoms with Gasteiger partial charge in [0, 0.05) is 17.3 Å². The highest BCUT2D eigenvalue weighted by Crippen LogP contribution is 2.24. The Labute approximate surface area is 113 Å². The minimum absolute atomic E-state index is 0.327. The Morgan fingerprint density at radius 2 is 2.39 bits per heavy atom. The van der Waals surface area contributed by atoms with Gasteiger partial charge in [-0.1, -0.05) is 11.8 Å². The van der Waals surface area contributed by atoms with Gasteiger partial charge in [-0.15, -0.1) is 11.3 Å². The molecule has 0 aliphatic rings. The largest absolute Gasteiger partial charge is 0.462 e. The molecular weight excluding hydrogens is 268 g/mol. The molecule has 0 aliphatic carbocycles. The van der Waals surface area contributed by atoms with E-state index in [-0.39, 0.29) is 5.97 Å². The van der Waals surface area contributed by atoms with Crippen LogP contribution in [0.3, 0.4) is 0 Å². The van der Waals surface area contributed by atoms with E-state index in [4.69, 9.17) is 4.74 Å². The number of hydrogen-bond donors (Lipinski definition) is 0. The molecule has 0 fully saturated rings. The number of thioether (sulfide) groups is 1. The van der Waals surface area contributed by atoms with Crippen LogP contribution in [-0.4, -0.2) is 22.5 Å². The molecule has 0 bridgehead atoms. The Kier molecular flexibility index (Phi) is 4.72. The summed E-state index contributed by atoms with van der Waals surface area (Å²) in [6, 6.07) is 3.47. The fourth-order valence-electron chi connectivity index (χ4n) is 1.32. The van der Waals surface area contributed by atoms with Crippen LogP contribution < -0.4 is 0 Å². The summed E-state index contributed by atoms with van der Waals surface area (Å²) < 4.78 is 5.00. The molecule has 18 heavy (non-hydrogen) atoms. The van der Waals surface area contributed by atoms with Gasteiger partial charge >= 0.3 is 5.97 Å². The molecule has 0 unspecified atom stereocenters. The minimum Gasteiger partial charge on any atom is -0.462 e. The van der Waals surface area contributed by atoms with Crippen LogP contribution in [0.4, 0.5) is 0 Å². The van der Waals surface area contributed by atoms with Crippen molar-refractivity contribution >= 4 is 29.1 Å². The van der Waals surface area contributed by atoms with E-state index in [1.807, 2.05) is 5.38 Å². The molecule has 0 spiro atoms. The first-order chi connectivity index (χ1) is 8.81. The average molecular weight is 280 g/mol. The quantitative estimate of drug-likeness (QED) is 0.622. The van der Waals surface area contributed by atoms with Crippen molar-refractivity contribution in [1.29, 1.82) is 0 Å². The van der Waals surface area contributed by atoms with Gasteiger partial charge in [0.15, 0.2) is 0 Å². The van der Waals surface area contributed by atoms with E-state index in [2.05, 4.69) is 9.97 Å². The summed E-state index contributed by atoms with van der Waals surface area (Å²) in [6.45, 7) is 2.15. The van der Waals surface area contributed by atoms with E-state index >= 15 is 0 Å². The van der Waals surface area contributed by atoms with E-state index in [0.29, 0.717) is 22.9 Å². The van der Waals surface area contributed by atoms with Crippen molar-refractivity contribution in [2.24, 2.45) is 0 Å². The van der Waals surface area contributed by atoms with Gasteiger partial charge in [0.1, 0.15) is 5.03 Å². The van der Waals surface area contributed by atoms with E-state index in [0.717, 1.165) is 5.69 Å². The van der Waals surface area contributed by atoms with Gasteiger partial charge in [0.05, 0.1) is 23.4 Å². The number of rotatable bonds is 5. The highest BCUT2D eigenvalue weighted by molar-refractivity contribution is 7.98. The van der Waals surface area contributed by atoms with Crippen LogP contribution in [0.1, 0.15) is 23.0 Å². The lowest BCUT2D eigenvalue weighted by molar-refractivity contribution is 0.0521. The molecule has 2 rings (SSSR count). The molecule has 0 amide bonds. The van der Waals surface area contributed by atoms with Gasteiger partial charge in [-0.25, -0.2) is 14.8 Å². The predicted octanol–water partition coefficient (Wildman–Crippen LogP) is 3.01. The minimum atomic E-state index is -0.327. The van der Waals surface area contributed by atoms with Crippen molar-refractivity contribution in [3.05, 3.63) is 40.5 Å². The number of pyridine rings is 1. The van der Waals surface area contributed by atoms with Crippen molar-refractivity contribution in [1.82, 2.24) is 9.97 Å². The zero-order valence-electron chi connectivity index (χ0n) is 9.83. The summed E-state index contributed by atoms with van der Waals surface area (Å²) in [5.41, 5.74) is 3.30. The first kappa shape index (κ1) is 13.0. The van der Waals surface area contributed by atoms with E-state index in [9.17, 15) is 4.79 Å². The lowest BCUT2D eigenvalue weighted by Gasteiger charge is -2.06. The third-order valence-corrected chi connectivity index (χ3v) is 3.78. The molecule has 94 valence electrons. The van der Waals surface area contributed by atoms with Gasteiger partial charge in [0.2, 0.25) is 0 Å². The highest BCUT2D eigenvalue weighted by atomic mass is 32.2. The second kappa shape index (κ2) is 6.51. The fourth-order valence-corrected chi connectivity index (χ4v) is 2.87. The smallest absolute Gasteiger partial charge is 0.340 e. The maximum absolute atomic E-state index is 11.7. The summed E-state index contributed by atoms with van der Waals surface area (Å²) in [5, 5.41) is 2.67. The molecule has 6 heteroatoms. The first-order valence-corrected chi connectivity index (χ1v) is 7.36. The Morgan fingerprint density at radius 3 is 3.11 bits per heavy atom. The maximum Gasteiger partial charge on any atom is 0.340 e. The summed E-state index contributed by atoms with van der Waals surface area (Å²) in [4.78, 5) is 20.2. The van der Waals surface area contributed by atoms with Crippen molar-refractivity contribution in [2.75, 3.05) is 6.61 Å². The number of carbonyl (C=O) groups is 1. The van der Waals surface area contributed by atoms with Gasteiger partial charge in [-0.2, -0.15) is 0 Å². The van der Waals surface area contributed by atoms with Crippen LogP contribution in [-0.2, 0) is 10.5 Å². The Balaban J connectivity index is 2.09. The molecule has 2 heterocycles. The lowest BCUT2D eigenvalue weighted by Crippen LogP contribution is -2.07. The molecule has 0 aromatic carbocycles. The van der Waals surface area contributed by atoms with Crippen LogP contribution in [0.5, 0.6) is 0 Å². The predicted molar refractivity (Wildman–Crippen MR) is 71.9 cm³/mol. The molecule has 0 N–H and O–H groups in total. The molecule has 2 aromatic rings. The van der Waals surface area contributed by atoms with Crippen LogP contribution in [0.25, 0.3) is 0 Å². The second-order valence-corrected chi connectivity index (χ2v) is 5.03. The molecule has 0 radical (unpaired) electrons. The normalized spacial score (nSPS) is 10.3.